The highest BCUT2D eigenvalue weighted by Crippen LogP contribution is 2.30. The lowest BCUT2D eigenvalue weighted by atomic mass is 9.88. The van der Waals surface area contributed by atoms with Crippen molar-refractivity contribution in [3.05, 3.63) is 82.2 Å². The van der Waals surface area contributed by atoms with Gasteiger partial charge in [-0.1, -0.05) is 104 Å². The Kier molecular flexibility index (Phi) is 7.92. The quantitative estimate of drug-likeness (QED) is 0.267. The molecule has 1 aromatic heterocycles. The van der Waals surface area contributed by atoms with E-state index in [1.807, 2.05) is 0 Å². The fraction of sp³-hybridized carbons (Fsp3) is 0.483. The zero-order valence-corrected chi connectivity index (χ0v) is 22.1. The zero-order chi connectivity index (χ0) is 23.6. The number of thiol groups is 1. The maximum absolute atomic E-state index is 4.99. The minimum Gasteiger partial charge on any atom is -0.221 e. The summed E-state index contributed by atoms with van der Waals surface area (Å²) in [5.41, 5.74) is 8.66. The number of hydrogen-bond acceptors (Lipinski definition) is 1. The summed E-state index contributed by atoms with van der Waals surface area (Å²) in [5, 5.41) is 1.01. The van der Waals surface area contributed by atoms with Crippen molar-refractivity contribution < 1.29 is 4.57 Å². The van der Waals surface area contributed by atoms with Crippen molar-refractivity contribution in [3.8, 4) is 0 Å². The smallest absolute Gasteiger partial charge is 0.221 e. The van der Waals surface area contributed by atoms with Gasteiger partial charge in [0.25, 0.3) is 0 Å². The van der Waals surface area contributed by atoms with Gasteiger partial charge in [-0.05, 0) is 45.9 Å². The van der Waals surface area contributed by atoms with Gasteiger partial charge in [-0.2, -0.15) is 0 Å². The van der Waals surface area contributed by atoms with Crippen molar-refractivity contribution in [1.82, 2.24) is 4.57 Å². The molecule has 2 aromatic carbocycles. The van der Waals surface area contributed by atoms with Crippen molar-refractivity contribution in [2.75, 3.05) is 0 Å². The monoisotopic (exact) mass is 449 g/mol. The molecule has 0 saturated heterocycles. The second-order valence-electron chi connectivity index (χ2n) is 10.3. The van der Waals surface area contributed by atoms with Gasteiger partial charge < -0.3 is 0 Å². The lowest BCUT2D eigenvalue weighted by Gasteiger charge is -2.19. The average Bonchev–Trinajstić information content (AvgIpc) is 3.07. The third-order valence-electron chi connectivity index (χ3n) is 6.58. The van der Waals surface area contributed by atoms with E-state index in [0.29, 0.717) is 23.7 Å². The Labute approximate surface area is 201 Å². The molecule has 0 unspecified atom stereocenters. The van der Waals surface area contributed by atoms with Crippen LogP contribution in [0.25, 0.3) is 0 Å². The third-order valence-corrected chi connectivity index (χ3v) is 7.10. The minimum absolute atomic E-state index is 0.501. The molecule has 172 valence electrons. The number of benzene rings is 2. The van der Waals surface area contributed by atoms with Gasteiger partial charge in [-0.25, -0.2) is 9.13 Å². The van der Waals surface area contributed by atoms with Crippen LogP contribution in [0.2, 0.25) is 0 Å². The van der Waals surface area contributed by atoms with E-state index in [0.717, 1.165) is 18.2 Å². The number of rotatable bonds is 8. The number of aromatic nitrogens is 2. The van der Waals surface area contributed by atoms with Crippen LogP contribution in [0, 0.1) is 0 Å². The molecular weight excluding hydrogens is 408 g/mol. The summed E-state index contributed by atoms with van der Waals surface area (Å²) < 4.78 is 4.59. The second kappa shape index (κ2) is 10.3. The molecule has 0 aliphatic carbocycles. The molecule has 0 amide bonds. The van der Waals surface area contributed by atoms with Crippen LogP contribution < -0.4 is 4.57 Å². The van der Waals surface area contributed by atoms with Crippen LogP contribution in [0.15, 0.2) is 53.9 Å². The molecule has 2 nitrogen and oxygen atoms in total. The van der Waals surface area contributed by atoms with Gasteiger partial charge in [0.2, 0.25) is 0 Å². The first-order chi connectivity index (χ1) is 15.1. The number of imidazole rings is 1. The van der Waals surface area contributed by atoms with Crippen LogP contribution in [0.3, 0.4) is 0 Å². The number of hydrogen-bond donors (Lipinski definition) is 1. The molecule has 0 atom stereocenters. The summed E-state index contributed by atoms with van der Waals surface area (Å²) in [6.45, 7) is 20.0. The fourth-order valence-corrected chi connectivity index (χ4v) is 5.10. The zero-order valence-electron chi connectivity index (χ0n) is 21.2. The molecule has 0 N–H and O–H groups in total. The maximum Gasteiger partial charge on any atom is 0.315 e. The maximum atomic E-state index is 4.99. The standard InChI is InChI=1S/C29H40N2S/c1-19(2)23-11-9-12-24(20(3)4)27(23)17-30-15-16-31(29(30)32)18-28-25(21(5)6)13-10-14-26(28)22(7)8/h9-16,19-22H,17-18H2,1-8H3/p+1. The van der Waals surface area contributed by atoms with Crippen LogP contribution in [0.4, 0.5) is 0 Å². The van der Waals surface area contributed by atoms with E-state index in [9.17, 15) is 0 Å². The average molecular weight is 450 g/mol. The topological polar surface area (TPSA) is 8.81 Å². The first kappa shape index (κ1) is 24.6. The molecule has 1 heterocycles. The van der Waals surface area contributed by atoms with Crippen LogP contribution in [0.1, 0.15) is 112 Å². The van der Waals surface area contributed by atoms with Crippen molar-refractivity contribution in [1.29, 1.82) is 0 Å². The molecule has 0 bridgehead atoms. The molecule has 3 aromatic rings. The molecule has 0 fully saturated rings. The summed E-state index contributed by atoms with van der Waals surface area (Å²) in [6.07, 6.45) is 4.38. The van der Waals surface area contributed by atoms with Gasteiger partial charge >= 0.3 is 5.16 Å². The van der Waals surface area contributed by atoms with Crippen molar-refractivity contribution in [3.63, 3.8) is 0 Å². The Balaban J connectivity index is 2.01. The van der Waals surface area contributed by atoms with E-state index >= 15 is 0 Å². The lowest BCUT2D eigenvalue weighted by Crippen LogP contribution is -2.36. The number of nitrogens with zero attached hydrogens (tertiary/aromatic N) is 2. The normalized spacial score (nSPS) is 12.0. The van der Waals surface area contributed by atoms with Gasteiger partial charge in [-0.3, -0.25) is 0 Å². The third kappa shape index (κ3) is 5.14. The fourth-order valence-electron chi connectivity index (χ4n) is 4.82. The Morgan fingerprint density at radius 1 is 0.688 bits per heavy atom. The Hall–Kier alpha value is -2.00. The summed E-state index contributed by atoms with van der Waals surface area (Å²) in [6, 6.07) is 13.6. The molecule has 0 saturated carbocycles. The van der Waals surface area contributed by atoms with E-state index in [1.54, 1.807) is 0 Å². The SMILES string of the molecule is CC(C)c1cccc(C(C)C)c1Cn1cc[n+](Cc2c(C(C)C)cccc2C(C)C)c1S. The summed E-state index contributed by atoms with van der Waals surface area (Å²) in [7, 11) is 0. The van der Waals surface area contributed by atoms with Crippen LogP contribution in [0.5, 0.6) is 0 Å². The minimum atomic E-state index is 0.501. The largest absolute Gasteiger partial charge is 0.315 e. The molecule has 32 heavy (non-hydrogen) atoms. The van der Waals surface area contributed by atoms with Gasteiger partial charge in [0, 0.05) is 11.1 Å². The summed E-state index contributed by atoms with van der Waals surface area (Å²) in [4.78, 5) is 0. The van der Waals surface area contributed by atoms with Crippen LogP contribution in [-0.4, -0.2) is 4.57 Å². The highest BCUT2D eigenvalue weighted by molar-refractivity contribution is 7.80. The first-order valence-electron chi connectivity index (χ1n) is 12.1. The van der Waals surface area contributed by atoms with E-state index in [2.05, 4.69) is 113 Å². The lowest BCUT2D eigenvalue weighted by molar-refractivity contribution is -0.725. The molecule has 0 spiro atoms. The van der Waals surface area contributed by atoms with Gasteiger partial charge in [-0.15, -0.1) is 0 Å². The predicted molar refractivity (Wildman–Crippen MR) is 139 cm³/mol. The van der Waals surface area contributed by atoms with Gasteiger partial charge in [0.15, 0.2) is 0 Å². The molecule has 0 aliphatic heterocycles. The van der Waals surface area contributed by atoms with Crippen LogP contribution >= 0.6 is 12.6 Å². The Morgan fingerprint density at radius 2 is 1.09 bits per heavy atom. The molecule has 0 radical (unpaired) electrons. The highest BCUT2D eigenvalue weighted by atomic mass is 32.1. The summed E-state index contributed by atoms with van der Waals surface area (Å²) >= 11 is 4.99. The first-order valence-corrected chi connectivity index (χ1v) is 12.6. The van der Waals surface area contributed by atoms with Gasteiger partial charge in [0.1, 0.15) is 25.5 Å². The molecule has 3 rings (SSSR count). The molecule has 3 heteroatoms. The van der Waals surface area contributed by atoms with Gasteiger partial charge in [0.05, 0.1) is 0 Å². The molecular formula is C29H41N2S+. The van der Waals surface area contributed by atoms with Crippen molar-refractivity contribution in [2.45, 2.75) is 97.3 Å². The van der Waals surface area contributed by atoms with Crippen molar-refractivity contribution >= 4 is 12.6 Å². The van der Waals surface area contributed by atoms with E-state index in [1.165, 1.54) is 33.4 Å². The summed E-state index contributed by atoms with van der Waals surface area (Å²) in [5.74, 6) is 2.00. The second-order valence-corrected chi connectivity index (χ2v) is 10.7. The predicted octanol–water partition coefficient (Wildman–Crippen LogP) is 7.65. The Bertz CT molecular complexity index is 922. The van der Waals surface area contributed by atoms with Crippen molar-refractivity contribution in [2.24, 2.45) is 0 Å². The van der Waals surface area contributed by atoms with E-state index in [-0.39, 0.29) is 0 Å². The Morgan fingerprint density at radius 3 is 1.50 bits per heavy atom. The molecule has 0 aliphatic rings. The van der Waals surface area contributed by atoms with Crippen LogP contribution in [-0.2, 0) is 13.1 Å². The highest BCUT2D eigenvalue weighted by Gasteiger charge is 2.22. The van der Waals surface area contributed by atoms with E-state index in [4.69, 9.17) is 12.6 Å². The van der Waals surface area contributed by atoms with E-state index < -0.39 is 0 Å².